The van der Waals surface area contributed by atoms with Crippen LogP contribution in [0.3, 0.4) is 0 Å². The van der Waals surface area contributed by atoms with Crippen molar-refractivity contribution in [3.8, 4) is 45.3 Å². The number of hydrogen-bond donors (Lipinski definition) is 0. The van der Waals surface area contributed by atoms with E-state index >= 15 is 0 Å². The Hall–Kier alpha value is -7.11. The summed E-state index contributed by atoms with van der Waals surface area (Å²) in [6.07, 6.45) is 0. The molecule has 8 aromatic carbocycles. The Bertz CT molecular complexity index is 3190. The molecule has 52 heavy (non-hydrogen) atoms. The lowest BCUT2D eigenvalue weighted by molar-refractivity contribution is 0.668. The summed E-state index contributed by atoms with van der Waals surface area (Å²) in [5.74, 6) is 1.81. The predicted molar refractivity (Wildman–Crippen MR) is 211 cm³/mol. The van der Waals surface area contributed by atoms with Gasteiger partial charge in [0.25, 0.3) is 0 Å². The van der Waals surface area contributed by atoms with Gasteiger partial charge < -0.3 is 8.83 Å². The van der Waals surface area contributed by atoms with Gasteiger partial charge in [-0.1, -0.05) is 133 Å². The molecule has 3 heterocycles. The van der Waals surface area contributed by atoms with Gasteiger partial charge in [0.2, 0.25) is 0 Å². The van der Waals surface area contributed by atoms with Gasteiger partial charge in [0.1, 0.15) is 22.3 Å². The third kappa shape index (κ3) is 4.39. The molecule has 0 aliphatic carbocycles. The summed E-state index contributed by atoms with van der Waals surface area (Å²) in [4.78, 5) is 15.5. The molecule has 3 aromatic heterocycles. The highest BCUT2D eigenvalue weighted by Crippen LogP contribution is 2.41. The van der Waals surface area contributed by atoms with Crippen molar-refractivity contribution in [1.29, 1.82) is 0 Å². The number of nitrogens with zero attached hydrogens (tertiary/aromatic N) is 3. The zero-order valence-electron chi connectivity index (χ0n) is 27.7. The molecule has 5 heteroatoms. The Kier molecular flexibility index (Phi) is 6.18. The van der Waals surface area contributed by atoms with Crippen molar-refractivity contribution in [1.82, 2.24) is 15.0 Å². The minimum Gasteiger partial charge on any atom is -0.456 e. The van der Waals surface area contributed by atoms with Crippen LogP contribution in [0, 0.1) is 0 Å². The first-order chi connectivity index (χ1) is 25.8. The van der Waals surface area contributed by atoms with Gasteiger partial charge in [-0.05, 0) is 57.4 Å². The normalized spacial score (nSPS) is 11.8. The smallest absolute Gasteiger partial charge is 0.164 e. The second-order valence-corrected chi connectivity index (χ2v) is 13.1. The summed E-state index contributed by atoms with van der Waals surface area (Å²) < 4.78 is 12.9. The monoisotopic (exact) mass is 665 g/mol. The number of hydrogen-bond acceptors (Lipinski definition) is 5. The summed E-state index contributed by atoms with van der Waals surface area (Å²) in [5.41, 5.74) is 8.13. The van der Waals surface area contributed by atoms with Crippen molar-refractivity contribution >= 4 is 65.4 Å². The molecule has 0 aliphatic rings. The van der Waals surface area contributed by atoms with E-state index in [4.69, 9.17) is 23.8 Å². The molecule has 0 saturated carbocycles. The van der Waals surface area contributed by atoms with E-state index in [-0.39, 0.29) is 0 Å². The molecule has 0 atom stereocenters. The Balaban J connectivity index is 1.16. The Morgan fingerprint density at radius 1 is 0.327 bits per heavy atom. The molecule has 11 aromatic rings. The van der Waals surface area contributed by atoms with Crippen LogP contribution in [0.15, 0.2) is 173 Å². The van der Waals surface area contributed by atoms with Crippen LogP contribution in [0.4, 0.5) is 0 Å². The van der Waals surface area contributed by atoms with Crippen molar-refractivity contribution in [2.45, 2.75) is 0 Å². The quantitative estimate of drug-likeness (QED) is 0.175. The van der Waals surface area contributed by atoms with Crippen molar-refractivity contribution in [3.05, 3.63) is 164 Å². The maximum absolute atomic E-state index is 6.48. The highest BCUT2D eigenvalue weighted by molar-refractivity contribution is 6.15. The summed E-state index contributed by atoms with van der Waals surface area (Å²) in [7, 11) is 0. The van der Waals surface area contributed by atoms with Crippen LogP contribution >= 0.6 is 0 Å². The third-order valence-corrected chi connectivity index (χ3v) is 10.1. The Morgan fingerprint density at radius 2 is 0.962 bits per heavy atom. The standard InChI is InChI=1S/C47H27N3O2/c1-2-12-28(13-3-1)45-48-46(50-47(49-45)38-26-29-14-4-5-15-31(29)33-16-6-7-17-34(33)38)37-21-11-23-42-43(37)39-27-30(24-25-41(39)51-42)32-19-10-20-36-35-18-8-9-22-40(35)52-44(32)36/h1-27H. The van der Waals surface area contributed by atoms with Crippen molar-refractivity contribution in [2.75, 3.05) is 0 Å². The van der Waals surface area contributed by atoms with E-state index in [1.165, 1.54) is 5.39 Å². The predicted octanol–water partition coefficient (Wildman–Crippen LogP) is 12.6. The fraction of sp³-hybridized carbons (Fsp3) is 0. The van der Waals surface area contributed by atoms with Gasteiger partial charge in [-0.25, -0.2) is 15.0 Å². The molecule has 242 valence electrons. The fourth-order valence-electron chi connectivity index (χ4n) is 7.73. The number of fused-ring (bicyclic) bond motifs is 9. The van der Waals surface area contributed by atoms with E-state index in [1.807, 2.05) is 66.7 Å². The van der Waals surface area contributed by atoms with E-state index < -0.39 is 0 Å². The molecule has 0 saturated heterocycles. The average Bonchev–Trinajstić information content (AvgIpc) is 3.79. The van der Waals surface area contributed by atoms with Gasteiger partial charge in [-0.15, -0.1) is 0 Å². The minimum atomic E-state index is 0.583. The molecule has 0 N–H and O–H groups in total. The van der Waals surface area contributed by atoms with E-state index in [2.05, 4.69) is 97.1 Å². The molecule has 11 rings (SSSR count). The lowest BCUT2D eigenvalue weighted by Crippen LogP contribution is -2.01. The van der Waals surface area contributed by atoms with Gasteiger partial charge in [-0.3, -0.25) is 0 Å². The van der Waals surface area contributed by atoms with Gasteiger partial charge in [0, 0.05) is 43.8 Å². The van der Waals surface area contributed by atoms with E-state index in [0.717, 1.165) is 87.9 Å². The van der Waals surface area contributed by atoms with Crippen LogP contribution in [0.5, 0.6) is 0 Å². The first-order valence-corrected chi connectivity index (χ1v) is 17.4. The van der Waals surface area contributed by atoms with E-state index in [1.54, 1.807) is 0 Å². The molecule has 0 unspecified atom stereocenters. The van der Waals surface area contributed by atoms with Crippen molar-refractivity contribution in [3.63, 3.8) is 0 Å². The second kappa shape index (κ2) is 11.2. The van der Waals surface area contributed by atoms with Crippen LogP contribution in [0.1, 0.15) is 0 Å². The molecule has 0 radical (unpaired) electrons. The maximum Gasteiger partial charge on any atom is 0.164 e. The molecular formula is C47H27N3O2. The number of furan rings is 2. The highest BCUT2D eigenvalue weighted by Gasteiger charge is 2.20. The average molecular weight is 666 g/mol. The Labute approximate surface area is 297 Å². The summed E-state index contributed by atoms with van der Waals surface area (Å²) in [6, 6.07) is 56.2. The third-order valence-electron chi connectivity index (χ3n) is 10.1. The molecule has 5 nitrogen and oxygen atoms in total. The molecule has 0 bridgehead atoms. The number of aromatic nitrogens is 3. The van der Waals surface area contributed by atoms with Gasteiger partial charge in [0.15, 0.2) is 17.5 Å². The molecule has 0 aliphatic heterocycles. The van der Waals surface area contributed by atoms with Crippen LogP contribution in [-0.4, -0.2) is 15.0 Å². The zero-order chi connectivity index (χ0) is 34.2. The molecule has 0 amide bonds. The van der Waals surface area contributed by atoms with E-state index in [0.29, 0.717) is 17.5 Å². The fourth-order valence-corrected chi connectivity index (χ4v) is 7.73. The van der Waals surface area contributed by atoms with Crippen LogP contribution in [0.25, 0.3) is 111 Å². The van der Waals surface area contributed by atoms with Crippen LogP contribution in [0.2, 0.25) is 0 Å². The molecule has 0 fully saturated rings. The molecule has 0 spiro atoms. The lowest BCUT2D eigenvalue weighted by Gasteiger charge is -2.12. The topological polar surface area (TPSA) is 65.0 Å². The SMILES string of the molecule is c1ccc(-c2nc(-c3cc4ccccc4c4ccccc34)nc(-c3cccc4oc5ccc(-c6cccc7c6oc6ccccc67)cc5c34)n2)cc1. The van der Waals surface area contributed by atoms with Crippen LogP contribution < -0.4 is 0 Å². The van der Waals surface area contributed by atoms with Crippen molar-refractivity contribution < 1.29 is 8.83 Å². The second-order valence-electron chi connectivity index (χ2n) is 13.1. The van der Waals surface area contributed by atoms with Gasteiger partial charge >= 0.3 is 0 Å². The van der Waals surface area contributed by atoms with E-state index in [9.17, 15) is 0 Å². The Morgan fingerprint density at radius 3 is 1.85 bits per heavy atom. The van der Waals surface area contributed by atoms with Gasteiger partial charge in [-0.2, -0.15) is 0 Å². The minimum absolute atomic E-state index is 0.583. The van der Waals surface area contributed by atoms with Crippen LogP contribution in [-0.2, 0) is 0 Å². The maximum atomic E-state index is 6.48. The summed E-state index contributed by atoms with van der Waals surface area (Å²) in [6.45, 7) is 0. The number of rotatable bonds is 4. The lowest BCUT2D eigenvalue weighted by atomic mass is 9.96. The molecular weight excluding hydrogens is 639 g/mol. The largest absolute Gasteiger partial charge is 0.456 e. The summed E-state index contributed by atoms with van der Waals surface area (Å²) in [5, 5.41) is 8.72. The number of para-hydroxylation sites is 2. The van der Waals surface area contributed by atoms with Crippen molar-refractivity contribution in [2.24, 2.45) is 0 Å². The zero-order valence-corrected chi connectivity index (χ0v) is 27.7. The van der Waals surface area contributed by atoms with Gasteiger partial charge in [0.05, 0.1) is 0 Å². The first-order valence-electron chi connectivity index (χ1n) is 17.4. The number of benzene rings is 8. The highest BCUT2D eigenvalue weighted by atomic mass is 16.3. The first kappa shape index (κ1) is 28.7. The summed E-state index contributed by atoms with van der Waals surface area (Å²) >= 11 is 0.